The maximum atomic E-state index is 12.6. The molecule has 1 fully saturated rings. The Bertz CT molecular complexity index is 978. The standard InChI is InChI=1S/C25H30N4O2/c1-20-8-5-6-12-22(20)28-16-18-29(19-17-28)25(30)15-14-24-27-26-23(31-24)13-7-11-21-9-3-2-4-10-21/h2-6,8-10,12H,7,11,13-19H2,1H3. The van der Waals surface area contributed by atoms with Crippen LogP contribution in [0.15, 0.2) is 59.0 Å². The Hall–Kier alpha value is -3.15. The molecule has 2 heterocycles. The fourth-order valence-electron chi connectivity index (χ4n) is 4.07. The molecular weight excluding hydrogens is 388 g/mol. The summed E-state index contributed by atoms with van der Waals surface area (Å²) in [5.41, 5.74) is 3.86. The molecule has 0 N–H and O–H groups in total. The molecule has 0 radical (unpaired) electrons. The summed E-state index contributed by atoms with van der Waals surface area (Å²) in [5.74, 6) is 1.38. The van der Waals surface area contributed by atoms with E-state index >= 15 is 0 Å². The number of benzene rings is 2. The summed E-state index contributed by atoms with van der Waals surface area (Å²) in [5, 5.41) is 8.27. The fourth-order valence-corrected chi connectivity index (χ4v) is 4.07. The third-order valence-corrected chi connectivity index (χ3v) is 5.85. The number of anilines is 1. The van der Waals surface area contributed by atoms with E-state index in [0.29, 0.717) is 24.6 Å². The van der Waals surface area contributed by atoms with Gasteiger partial charge in [-0.3, -0.25) is 4.79 Å². The summed E-state index contributed by atoms with van der Waals surface area (Å²) < 4.78 is 5.75. The first-order valence-electron chi connectivity index (χ1n) is 11.1. The summed E-state index contributed by atoms with van der Waals surface area (Å²) in [4.78, 5) is 16.9. The molecular formula is C25H30N4O2. The number of nitrogens with zero attached hydrogens (tertiary/aromatic N) is 4. The Morgan fingerprint density at radius 3 is 2.29 bits per heavy atom. The fraction of sp³-hybridized carbons (Fsp3) is 0.400. The van der Waals surface area contributed by atoms with Gasteiger partial charge in [0.25, 0.3) is 0 Å². The van der Waals surface area contributed by atoms with E-state index in [1.165, 1.54) is 16.8 Å². The number of hydrogen-bond acceptors (Lipinski definition) is 5. The molecule has 1 amide bonds. The van der Waals surface area contributed by atoms with Crippen LogP contribution in [0, 0.1) is 6.92 Å². The van der Waals surface area contributed by atoms with Crippen molar-refractivity contribution < 1.29 is 9.21 Å². The zero-order valence-corrected chi connectivity index (χ0v) is 18.2. The molecule has 4 rings (SSSR count). The van der Waals surface area contributed by atoms with Crippen LogP contribution in [0.3, 0.4) is 0 Å². The number of carbonyl (C=O) groups excluding carboxylic acids is 1. The number of aromatic nitrogens is 2. The lowest BCUT2D eigenvalue weighted by Crippen LogP contribution is -2.49. The van der Waals surface area contributed by atoms with Crippen LogP contribution in [-0.4, -0.2) is 47.2 Å². The Balaban J connectivity index is 1.19. The van der Waals surface area contributed by atoms with E-state index in [9.17, 15) is 4.79 Å². The average Bonchev–Trinajstić information content (AvgIpc) is 3.26. The van der Waals surface area contributed by atoms with Crippen LogP contribution in [0.1, 0.15) is 35.7 Å². The first-order chi connectivity index (χ1) is 15.2. The molecule has 0 unspecified atom stereocenters. The molecule has 0 atom stereocenters. The van der Waals surface area contributed by atoms with E-state index in [-0.39, 0.29) is 5.91 Å². The van der Waals surface area contributed by atoms with E-state index in [1.54, 1.807) is 0 Å². The molecule has 1 aromatic heterocycles. The van der Waals surface area contributed by atoms with Gasteiger partial charge in [0.15, 0.2) is 0 Å². The first-order valence-corrected chi connectivity index (χ1v) is 11.1. The highest BCUT2D eigenvalue weighted by Gasteiger charge is 2.22. The van der Waals surface area contributed by atoms with E-state index in [0.717, 1.165) is 45.4 Å². The summed E-state index contributed by atoms with van der Waals surface area (Å²) >= 11 is 0. The third kappa shape index (κ3) is 5.72. The largest absolute Gasteiger partial charge is 0.425 e. The lowest BCUT2D eigenvalue weighted by Gasteiger charge is -2.36. The van der Waals surface area contributed by atoms with E-state index in [1.807, 2.05) is 11.0 Å². The van der Waals surface area contributed by atoms with Crippen LogP contribution in [-0.2, 0) is 24.1 Å². The highest BCUT2D eigenvalue weighted by Crippen LogP contribution is 2.21. The third-order valence-electron chi connectivity index (χ3n) is 5.85. The van der Waals surface area contributed by atoms with Crippen molar-refractivity contribution in [1.82, 2.24) is 15.1 Å². The van der Waals surface area contributed by atoms with Crippen molar-refractivity contribution in [3.63, 3.8) is 0 Å². The summed E-state index contributed by atoms with van der Waals surface area (Å²) in [6.45, 7) is 5.36. The van der Waals surface area contributed by atoms with Gasteiger partial charge in [0.05, 0.1) is 0 Å². The Morgan fingerprint density at radius 2 is 1.55 bits per heavy atom. The van der Waals surface area contributed by atoms with Crippen LogP contribution in [0.25, 0.3) is 0 Å². The molecule has 1 aliphatic rings. The predicted octanol–water partition coefficient (Wildman–Crippen LogP) is 3.83. The molecule has 0 bridgehead atoms. The van der Waals surface area contributed by atoms with Gasteiger partial charge in [-0.05, 0) is 37.0 Å². The predicted molar refractivity (Wildman–Crippen MR) is 121 cm³/mol. The normalized spacial score (nSPS) is 14.1. The molecule has 6 nitrogen and oxygen atoms in total. The topological polar surface area (TPSA) is 62.5 Å². The monoisotopic (exact) mass is 418 g/mol. The van der Waals surface area contributed by atoms with Gasteiger partial charge in [-0.25, -0.2) is 0 Å². The maximum absolute atomic E-state index is 12.6. The van der Waals surface area contributed by atoms with Gasteiger partial charge in [-0.1, -0.05) is 48.5 Å². The van der Waals surface area contributed by atoms with Crippen molar-refractivity contribution in [1.29, 1.82) is 0 Å². The van der Waals surface area contributed by atoms with E-state index in [4.69, 9.17) is 4.42 Å². The second kappa shape index (κ2) is 10.2. The van der Waals surface area contributed by atoms with Crippen molar-refractivity contribution in [2.24, 2.45) is 0 Å². The maximum Gasteiger partial charge on any atom is 0.223 e. The van der Waals surface area contributed by atoms with E-state index in [2.05, 4.69) is 70.6 Å². The second-order valence-electron chi connectivity index (χ2n) is 8.08. The van der Waals surface area contributed by atoms with Crippen LogP contribution in [0.2, 0.25) is 0 Å². The van der Waals surface area contributed by atoms with Gasteiger partial charge < -0.3 is 14.2 Å². The summed E-state index contributed by atoms with van der Waals surface area (Å²) in [6, 6.07) is 18.8. The zero-order chi connectivity index (χ0) is 21.5. The van der Waals surface area contributed by atoms with Crippen molar-refractivity contribution in [3.05, 3.63) is 77.5 Å². The number of rotatable bonds is 8. The summed E-state index contributed by atoms with van der Waals surface area (Å²) in [6.07, 6.45) is 3.64. The highest BCUT2D eigenvalue weighted by molar-refractivity contribution is 5.76. The number of piperazine rings is 1. The minimum atomic E-state index is 0.160. The first kappa shape index (κ1) is 21.1. The van der Waals surface area contributed by atoms with Crippen LogP contribution in [0.5, 0.6) is 0 Å². The molecule has 1 aliphatic heterocycles. The molecule has 0 saturated carbocycles. The molecule has 0 spiro atoms. The summed E-state index contributed by atoms with van der Waals surface area (Å²) in [7, 11) is 0. The Kier molecular flexibility index (Phi) is 6.97. The Labute approximate surface area is 183 Å². The SMILES string of the molecule is Cc1ccccc1N1CCN(C(=O)CCc2nnc(CCCc3ccccc3)o2)CC1. The minimum Gasteiger partial charge on any atom is -0.425 e. The van der Waals surface area contributed by atoms with E-state index < -0.39 is 0 Å². The lowest BCUT2D eigenvalue weighted by molar-refractivity contribution is -0.131. The molecule has 0 aliphatic carbocycles. The number of amides is 1. The van der Waals surface area contributed by atoms with Crippen molar-refractivity contribution in [3.8, 4) is 0 Å². The number of hydrogen-bond donors (Lipinski definition) is 0. The number of carbonyl (C=O) groups is 1. The van der Waals surface area contributed by atoms with Gasteiger partial charge in [-0.2, -0.15) is 0 Å². The second-order valence-corrected chi connectivity index (χ2v) is 8.08. The number of para-hydroxylation sites is 1. The van der Waals surface area contributed by atoms with Gasteiger partial charge >= 0.3 is 0 Å². The molecule has 1 saturated heterocycles. The Morgan fingerprint density at radius 1 is 0.871 bits per heavy atom. The minimum absolute atomic E-state index is 0.160. The van der Waals surface area contributed by atoms with Gasteiger partial charge in [0.1, 0.15) is 0 Å². The van der Waals surface area contributed by atoms with Gasteiger partial charge in [-0.15, -0.1) is 10.2 Å². The zero-order valence-electron chi connectivity index (χ0n) is 18.2. The van der Waals surface area contributed by atoms with Gasteiger partial charge in [0.2, 0.25) is 17.7 Å². The van der Waals surface area contributed by atoms with Gasteiger partial charge in [0, 0.05) is 51.1 Å². The lowest BCUT2D eigenvalue weighted by atomic mass is 10.1. The molecule has 2 aromatic carbocycles. The molecule has 6 heteroatoms. The number of aryl methyl sites for hydroxylation is 4. The highest BCUT2D eigenvalue weighted by atomic mass is 16.4. The average molecular weight is 419 g/mol. The smallest absolute Gasteiger partial charge is 0.223 e. The quantitative estimate of drug-likeness (QED) is 0.556. The van der Waals surface area contributed by atoms with Crippen LogP contribution < -0.4 is 4.90 Å². The van der Waals surface area contributed by atoms with Crippen LogP contribution in [0.4, 0.5) is 5.69 Å². The van der Waals surface area contributed by atoms with Crippen LogP contribution >= 0.6 is 0 Å². The molecule has 31 heavy (non-hydrogen) atoms. The van der Waals surface area contributed by atoms with Crippen molar-refractivity contribution in [2.45, 2.75) is 39.0 Å². The van der Waals surface area contributed by atoms with Crippen molar-refractivity contribution >= 4 is 11.6 Å². The molecule has 3 aromatic rings. The molecule has 162 valence electrons. The van der Waals surface area contributed by atoms with Crippen molar-refractivity contribution in [2.75, 3.05) is 31.1 Å².